The number of benzene rings is 2. The Hall–Kier alpha value is -2.02. The SMILES string of the molecule is CCCC[C@]1(CC)CSc2cc(CNCC(=O)O)c(NC)cc2[C@@H](c2ccccc2)N1. The summed E-state index contributed by atoms with van der Waals surface area (Å²) in [5.41, 5.74) is 4.78. The summed E-state index contributed by atoms with van der Waals surface area (Å²) in [7, 11) is 1.93. The number of thioether (sulfide) groups is 1. The van der Waals surface area contributed by atoms with Crippen molar-refractivity contribution in [3.63, 3.8) is 0 Å². The van der Waals surface area contributed by atoms with Crippen LogP contribution in [-0.4, -0.2) is 36.0 Å². The normalized spacial score (nSPS) is 20.7. The zero-order valence-corrected chi connectivity index (χ0v) is 19.6. The molecule has 0 bridgehead atoms. The molecule has 0 radical (unpaired) electrons. The minimum Gasteiger partial charge on any atom is -0.480 e. The highest BCUT2D eigenvalue weighted by Crippen LogP contribution is 2.42. The van der Waals surface area contributed by atoms with Crippen molar-refractivity contribution in [2.45, 2.75) is 62.6 Å². The average molecular weight is 442 g/mol. The molecule has 2 atom stereocenters. The van der Waals surface area contributed by atoms with Crippen molar-refractivity contribution in [2.24, 2.45) is 0 Å². The predicted octanol–water partition coefficient (Wildman–Crippen LogP) is 5.03. The summed E-state index contributed by atoms with van der Waals surface area (Å²) in [6.07, 6.45) is 4.66. The van der Waals surface area contributed by atoms with Gasteiger partial charge in [0, 0.05) is 35.5 Å². The van der Waals surface area contributed by atoms with Crippen LogP contribution in [0.25, 0.3) is 0 Å². The highest BCUT2D eigenvalue weighted by atomic mass is 32.2. The number of anilines is 1. The molecule has 2 aromatic carbocycles. The van der Waals surface area contributed by atoms with Crippen molar-refractivity contribution >= 4 is 23.4 Å². The number of rotatable bonds is 10. The van der Waals surface area contributed by atoms with E-state index in [0.29, 0.717) is 6.54 Å². The van der Waals surface area contributed by atoms with Crippen LogP contribution in [0.4, 0.5) is 5.69 Å². The molecule has 168 valence electrons. The van der Waals surface area contributed by atoms with E-state index in [4.69, 9.17) is 5.11 Å². The lowest BCUT2D eigenvalue weighted by Gasteiger charge is -2.36. The first-order valence-corrected chi connectivity index (χ1v) is 12.2. The number of aliphatic carboxylic acids is 1. The lowest BCUT2D eigenvalue weighted by Crippen LogP contribution is -2.48. The molecule has 0 spiro atoms. The first-order valence-electron chi connectivity index (χ1n) is 11.2. The maximum atomic E-state index is 10.9. The Kier molecular flexibility index (Phi) is 8.41. The van der Waals surface area contributed by atoms with Gasteiger partial charge in [-0.3, -0.25) is 10.1 Å². The molecule has 0 unspecified atom stereocenters. The summed E-state index contributed by atoms with van der Waals surface area (Å²) in [5, 5.41) is 19.4. The first kappa shape index (κ1) is 23.6. The predicted molar refractivity (Wildman–Crippen MR) is 130 cm³/mol. The van der Waals surface area contributed by atoms with E-state index in [2.05, 4.69) is 72.3 Å². The summed E-state index contributed by atoms with van der Waals surface area (Å²) in [5.74, 6) is 0.188. The molecule has 5 nitrogen and oxygen atoms in total. The largest absolute Gasteiger partial charge is 0.480 e. The monoisotopic (exact) mass is 441 g/mol. The Morgan fingerprint density at radius 1 is 1.26 bits per heavy atom. The van der Waals surface area contributed by atoms with Crippen molar-refractivity contribution in [1.82, 2.24) is 10.6 Å². The zero-order valence-electron chi connectivity index (χ0n) is 18.8. The van der Waals surface area contributed by atoms with Gasteiger partial charge in [0.05, 0.1) is 12.6 Å². The van der Waals surface area contributed by atoms with Crippen molar-refractivity contribution < 1.29 is 9.90 Å². The smallest absolute Gasteiger partial charge is 0.317 e. The van der Waals surface area contributed by atoms with Gasteiger partial charge in [0.15, 0.2) is 0 Å². The second-order valence-electron chi connectivity index (χ2n) is 8.31. The van der Waals surface area contributed by atoms with Crippen molar-refractivity contribution in [2.75, 3.05) is 24.7 Å². The molecule has 4 N–H and O–H groups in total. The standard InChI is InChI=1S/C25H35N3O2S/c1-4-6-12-25(5-2)17-31-22-13-19(15-27-16-23(29)30)21(26-3)14-20(22)24(28-25)18-10-8-7-9-11-18/h7-11,13-14,24,26-28H,4-6,12,15-17H2,1-3H3,(H,29,30)/t24-,25-/m1/s1. The molecule has 0 saturated carbocycles. The Morgan fingerprint density at radius 3 is 2.68 bits per heavy atom. The van der Waals surface area contributed by atoms with E-state index in [0.717, 1.165) is 29.8 Å². The van der Waals surface area contributed by atoms with Crippen LogP contribution in [0.2, 0.25) is 0 Å². The van der Waals surface area contributed by atoms with Crippen LogP contribution in [0.5, 0.6) is 0 Å². The number of carbonyl (C=O) groups is 1. The van der Waals surface area contributed by atoms with Crippen LogP contribution < -0.4 is 16.0 Å². The molecule has 0 aliphatic carbocycles. The number of unbranched alkanes of at least 4 members (excludes halogenated alkanes) is 1. The van der Waals surface area contributed by atoms with Gasteiger partial charge in [0.2, 0.25) is 0 Å². The lowest BCUT2D eigenvalue weighted by atomic mass is 9.87. The third-order valence-electron chi connectivity index (χ3n) is 6.18. The highest BCUT2D eigenvalue weighted by Gasteiger charge is 2.35. The van der Waals surface area contributed by atoms with E-state index in [-0.39, 0.29) is 18.1 Å². The minimum atomic E-state index is -0.841. The maximum Gasteiger partial charge on any atom is 0.317 e. The van der Waals surface area contributed by atoms with E-state index in [1.165, 1.54) is 28.9 Å². The second-order valence-corrected chi connectivity index (χ2v) is 9.33. The molecule has 6 heteroatoms. The van der Waals surface area contributed by atoms with E-state index < -0.39 is 5.97 Å². The molecular formula is C25H35N3O2S. The topological polar surface area (TPSA) is 73.4 Å². The van der Waals surface area contributed by atoms with Crippen molar-refractivity contribution in [3.05, 3.63) is 59.2 Å². The zero-order chi connectivity index (χ0) is 22.3. The summed E-state index contributed by atoms with van der Waals surface area (Å²) < 4.78 is 0. The fourth-order valence-corrected chi connectivity index (χ4v) is 5.70. The quantitative estimate of drug-likeness (QED) is 0.415. The second kappa shape index (κ2) is 11.0. The van der Waals surface area contributed by atoms with Crippen LogP contribution >= 0.6 is 11.8 Å². The van der Waals surface area contributed by atoms with E-state index in [9.17, 15) is 4.79 Å². The van der Waals surface area contributed by atoms with Crippen LogP contribution in [0.15, 0.2) is 47.4 Å². The van der Waals surface area contributed by atoms with Crippen molar-refractivity contribution in [1.29, 1.82) is 0 Å². The minimum absolute atomic E-state index is 0.0441. The van der Waals surface area contributed by atoms with Gasteiger partial charge in [-0.2, -0.15) is 0 Å². The summed E-state index contributed by atoms with van der Waals surface area (Å²) >= 11 is 1.93. The fraction of sp³-hybridized carbons (Fsp3) is 0.480. The molecule has 3 rings (SSSR count). The average Bonchev–Trinajstić information content (AvgIpc) is 2.95. The maximum absolute atomic E-state index is 10.9. The molecule has 1 aliphatic heterocycles. The van der Waals surface area contributed by atoms with E-state index in [1.54, 1.807) is 0 Å². The van der Waals surface area contributed by atoms with Crippen molar-refractivity contribution in [3.8, 4) is 0 Å². The Labute approximate surface area is 190 Å². The molecule has 0 amide bonds. The number of hydrogen-bond acceptors (Lipinski definition) is 5. The number of carboxylic acids is 1. The van der Waals surface area contributed by atoms with Gasteiger partial charge in [-0.1, -0.05) is 57.0 Å². The molecule has 0 saturated heterocycles. The van der Waals surface area contributed by atoms with Crippen LogP contribution in [0.3, 0.4) is 0 Å². The molecule has 1 heterocycles. The molecule has 1 aliphatic rings. The van der Waals surface area contributed by atoms with Gasteiger partial charge >= 0.3 is 5.97 Å². The van der Waals surface area contributed by atoms with Crippen LogP contribution in [0.1, 0.15) is 62.3 Å². The first-order chi connectivity index (χ1) is 15.0. The Balaban J connectivity index is 2.03. The van der Waals surface area contributed by atoms with Crippen LogP contribution in [-0.2, 0) is 11.3 Å². The van der Waals surface area contributed by atoms with Gasteiger partial charge in [-0.25, -0.2) is 0 Å². The van der Waals surface area contributed by atoms with E-state index in [1.807, 2.05) is 18.8 Å². The summed E-state index contributed by atoms with van der Waals surface area (Å²) in [6, 6.07) is 15.3. The number of fused-ring (bicyclic) bond motifs is 1. The summed E-state index contributed by atoms with van der Waals surface area (Å²) in [6.45, 7) is 5.03. The van der Waals surface area contributed by atoms with Gasteiger partial charge in [-0.15, -0.1) is 11.8 Å². The number of carboxylic acid groups (broad SMARTS) is 1. The third kappa shape index (κ3) is 5.82. The number of hydrogen-bond donors (Lipinski definition) is 4. The fourth-order valence-electron chi connectivity index (χ4n) is 4.26. The summed E-state index contributed by atoms with van der Waals surface area (Å²) in [4.78, 5) is 12.2. The molecule has 2 aromatic rings. The van der Waals surface area contributed by atoms with Gasteiger partial charge in [0.1, 0.15) is 0 Å². The van der Waals surface area contributed by atoms with Gasteiger partial charge < -0.3 is 15.7 Å². The Morgan fingerprint density at radius 2 is 2.03 bits per heavy atom. The van der Waals surface area contributed by atoms with Crippen LogP contribution in [0, 0.1) is 0 Å². The molecule has 0 aromatic heterocycles. The number of nitrogens with one attached hydrogen (secondary N) is 3. The lowest BCUT2D eigenvalue weighted by molar-refractivity contribution is -0.135. The van der Waals surface area contributed by atoms with Gasteiger partial charge in [-0.05, 0) is 41.7 Å². The molecule has 31 heavy (non-hydrogen) atoms. The third-order valence-corrected chi connectivity index (χ3v) is 7.54. The Bertz CT molecular complexity index is 875. The molecular weight excluding hydrogens is 406 g/mol. The highest BCUT2D eigenvalue weighted by molar-refractivity contribution is 7.99. The van der Waals surface area contributed by atoms with Gasteiger partial charge in [0.25, 0.3) is 0 Å². The van der Waals surface area contributed by atoms with E-state index >= 15 is 0 Å². The molecule has 0 fully saturated rings.